The standard InChI is InChI=1S/C13H15F2NO2/c1-16(7-8-4-10(17)5-8)13(18)11-6-9(14)2-3-12(11)15/h2-3,6,8,10,17H,4-5,7H2,1H3. The highest BCUT2D eigenvalue weighted by molar-refractivity contribution is 5.94. The zero-order chi connectivity index (χ0) is 13.3. The maximum Gasteiger partial charge on any atom is 0.256 e. The van der Waals surface area contributed by atoms with E-state index < -0.39 is 17.5 Å². The highest BCUT2D eigenvalue weighted by atomic mass is 19.1. The third-order valence-electron chi connectivity index (χ3n) is 3.25. The number of rotatable bonds is 3. The van der Waals surface area contributed by atoms with Gasteiger partial charge in [0, 0.05) is 13.6 Å². The maximum atomic E-state index is 13.4. The number of hydrogen-bond acceptors (Lipinski definition) is 2. The molecule has 1 aliphatic carbocycles. The van der Waals surface area contributed by atoms with Crippen LogP contribution in [0.15, 0.2) is 18.2 Å². The van der Waals surface area contributed by atoms with Crippen molar-refractivity contribution in [1.82, 2.24) is 4.90 Å². The quantitative estimate of drug-likeness (QED) is 0.894. The average Bonchev–Trinajstić information content (AvgIpc) is 2.29. The number of carbonyl (C=O) groups excluding carboxylic acids is 1. The summed E-state index contributed by atoms with van der Waals surface area (Å²) >= 11 is 0. The molecule has 0 aromatic heterocycles. The molecule has 0 atom stereocenters. The van der Waals surface area contributed by atoms with Crippen LogP contribution in [-0.4, -0.2) is 35.6 Å². The lowest BCUT2D eigenvalue weighted by Crippen LogP contribution is -2.39. The molecule has 1 N–H and O–H groups in total. The number of hydrogen-bond donors (Lipinski definition) is 1. The molecule has 0 aliphatic heterocycles. The first-order chi connectivity index (χ1) is 8.47. The number of aliphatic hydroxyl groups excluding tert-OH is 1. The van der Waals surface area contributed by atoms with E-state index in [1.54, 1.807) is 7.05 Å². The minimum Gasteiger partial charge on any atom is -0.393 e. The van der Waals surface area contributed by atoms with Crippen LogP contribution in [0.1, 0.15) is 23.2 Å². The van der Waals surface area contributed by atoms with Crippen molar-refractivity contribution in [3.63, 3.8) is 0 Å². The van der Waals surface area contributed by atoms with E-state index in [-0.39, 0.29) is 17.6 Å². The summed E-state index contributed by atoms with van der Waals surface area (Å²) in [5.74, 6) is -1.65. The lowest BCUT2D eigenvalue weighted by Gasteiger charge is -2.34. The number of aliphatic hydroxyl groups is 1. The van der Waals surface area contributed by atoms with Gasteiger partial charge in [-0.15, -0.1) is 0 Å². The van der Waals surface area contributed by atoms with Crippen molar-refractivity contribution in [2.75, 3.05) is 13.6 Å². The zero-order valence-corrected chi connectivity index (χ0v) is 10.1. The third-order valence-corrected chi connectivity index (χ3v) is 3.25. The first kappa shape index (κ1) is 13.0. The Morgan fingerprint density at radius 1 is 1.44 bits per heavy atom. The Morgan fingerprint density at radius 3 is 2.72 bits per heavy atom. The van der Waals surface area contributed by atoms with Gasteiger partial charge in [-0.2, -0.15) is 0 Å². The molecule has 1 aliphatic rings. The van der Waals surface area contributed by atoms with Crippen molar-refractivity contribution in [2.45, 2.75) is 18.9 Å². The molecule has 1 fully saturated rings. The highest BCUT2D eigenvalue weighted by Crippen LogP contribution is 2.28. The molecule has 0 radical (unpaired) electrons. The minimum absolute atomic E-state index is 0.241. The van der Waals surface area contributed by atoms with Crippen LogP contribution in [0.2, 0.25) is 0 Å². The topological polar surface area (TPSA) is 40.5 Å². The summed E-state index contributed by atoms with van der Waals surface area (Å²) in [5.41, 5.74) is -0.252. The normalized spacial score (nSPS) is 22.4. The van der Waals surface area contributed by atoms with Crippen LogP contribution < -0.4 is 0 Å². The lowest BCUT2D eigenvalue weighted by atomic mass is 9.82. The fourth-order valence-corrected chi connectivity index (χ4v) is 2.19. The molecule has 0 spiro atoms. The predicted molar refractivity (Wildman–Crippen MR) is 62.0 cm³/mol. The first-order valence-corrected chi connectivity index (χ1v) is 5.86. The number of halogens is 2. The monoisotopic (exact) mass is 255 g/mol. The molecule has 98 valence electrons. The van der Waals surface area contributed by atoms with Crippen LogP contribution in [0, 0.1) is 17.6 Å². The van der Waals surface area contributed by atoms with Gasteiger partial charge < -0.3 is 10.0 Å². The van der Waals surface area contributed by atoms with Crippen LogP contribution in [-0.2, 0) is 0 Å². The van der Waals surface area contributed by atoms with E-state index in [9.17, 15) is 13.6 Å². The second kappa shape index (κ2) is 5.02. The largest absolute Gasteiger partial charge is 0.393 e. The van der Waals surface area contributed by atoms with Crippen LogP contribution in [0.4, 0.5) is 8.78 Å². The van der Waals surface area contributed by atoms with Gasteiger partial charge in [0.25, 0.3) is 5.91 Å². The van der Waals surface area contributed by atoms with E-state index in [0.717, 1.165) is 18.2 Å². The summed E-state index contributed by atoms with van der Waals surface area (Å²) in [6.45, 7) is 0.450. The molecule has 3 nitrogen and oxygen atoms in total. The van der Waals surface area contributed by atoms with Gasteiger partial charge in [0.05, 0.1) is 11.7 Å². The second-order valence-corrected chi connectivity index (χ2v) is 4.80. The van der Waals surface area contributed by atoms with E-state index in [4.69, 9.17) is 5.11 Å². The Balaban J connectivity index is 2.03. The van der Waals surface area contributed by atoms with Gasteiger partial charge in [-0.25, -0.2) is 8.78 Å². The summed E-state index contributed by atoms with van der Waals surface area (Å²) in [4.78, 5) is 13.3. The van der Waals surface area contributed by atoms with E-state index in [0.29, 0.717) is 19.4 Å². The molecule has 1 aromatic carbocycles. The summed E-state index contributed by atoms with van der Waals surface area (Å²) in [6.07, 6.45) is 1.02. The number of nitrogens with zero attached hydrogens (tertiary/aromatic N) is 1. The van der Waals surface area contributed by atoms with Crippen molar-refractivity contribution in [3.05, 3.63) is 35.4 Å². The van der Waals surface area contributed by atoms with Gasteiger partial charge >= 0.3 is 0 Å². The molecule has 5 heteroatoms. The molecule has 1 amide bonds. The van der Waals surface area contributed by atoms with Crippen LogP contribution in [0.3, 0.4) is 0 Å². The average molecular weight is 255 g/mol. The van der Waals surface area contributed by atoms with E-state index in [2.05, 4.69) is 0 Å². The Morgan fingerprint density at radius 2 is 2.11 bits per heavy atom. The van der Waals surface area contributed by atoms with Gasteiger partial charge in [0.1, 0.15) is 11.6 Å². The Kier molecular flexibility index (Phi) is 3.61. The fourth-order valence-electron chi connectivity index (χ4n) is 2.19. The Hall–Kier alpha value is -1.49. The smallest absolute Gasteiger partial charge is 0.256 e. The van der Waals surface area contributed by atoms with E-state index >= 15 is 0 Å². The summed E-state index contributed by atoms with van der Waals surface area (Å²) in [7, 11) is 1.55. The third kappa shape index (κ3) is 2.67. The zero-order valence-electron chi connectivity index (χ0n) is 10.1. The maximum absolute atomic E-state index is 13.4. The highest BCUT2D eigenvalue weighted by Gasteiger charge is 2.29. The van der Waals surface area contributed by atoms with Gasteiger partial charge in [-0.05, 0) is 37.0 Å². The molecule has 2 rings (SSSR count). The van der Waals surface area contributed by atoms with E-state index in [1.807, 2.05) is 0 Å². The number of benzene rings is 1. The Bertz CT molecular complexity index is 458. The van der Waals surface area contributed by atoms with Gasteiger partial charge in [0.15, 0.2) is 0 Å². The molecular weight excluding hydrogens is 240 g/mol. The molecule has 0 unspecified atom stereocenters. The first-order valence-electron chi connectivity index (χ1n) is 5.86. The molecule has 1 aromatic rings. The number of carbonyl (C=O) groups is 1. The molecule has 1 saturated carbocycles. The molecule has 0 heterocycles. The van der Waals surface area contributed by atoms with Crippen LogP contribution >= 0.6 is 0 Å². The molecular formula is C13H15F2NO2. The van der Waals surface area contributed by atoms with Gasteiger partial charge in [-0.1, -0.05) is 0 Å². The van der Waals surface area contributed by atoms with E-state index in [1.165, 1.54) is 4.90 Å². The minimum atomic E-state index is -0.720. The predicted octanol–water partition coefficient (Wildman–Crippen LogP) is 1.81. The Labute approximate surface area is 104 Å². The summed E-state index contributed by atoms with van der Waals surface area (Å²) in [5, 5.41) is 9.15. The van der Waals surface area contributed by atoms with Crippen molar-refractivity contribution >= 4 is 5.91 Å². The van der Waals surface area contributed by atoms with Crippen molar-refractivity contribution in [1.29, 1.82) is 0 Å². The summed E-state index contributed by atoms with van der Waals surface area (Å²) in [6, 6.07) is 2.84. The van der Waals surface area contributed by atoms with Crippen molar-refractivity contribution in [2.24, 2.45) is 5.92 Å². The van der Waals surface area contributed by atoms with Gasteiger partial charge in [-0.3, -0.25) is 4.79 Å². The fraction of sp³-hybridized carbons (Fsp3) is 0.462. The number of amides is 1. The molecule has 0 saturated heterocycles. The SMILES string of the molecule is CN(CC1CC(O)C1)C(=O)c1cc(F)ccc1F. The van der Waals surface area contributed by atoms with Gasteiger partial charge in [0.2, 0.25) is 0 Å². The van der Waals surface area contributed by atoms with Crippen molar-refractivity contribution < 1.29 is 18.7 Å². The van der Waals surface area contributed by atoms with Crippen LogP contribution in [0.5, 0.6) is 0 Å². The van der Waals surface area contributed by atoms with Crippen molar-refractivity contribution in [3.8, 4) is 0 Å². The molecule has 18 heavy (non-hydrogen) atoms. The molecule has 0 bridgehead atoms. The van der Waals surface area contributed by atoms with Crippen LogP contribution in [0.25, 0.3) is 0 Å². The lowest BCUT2D eigenvalue weighted by molar-refractivity contribution is 0.0264. The second-order valence-electron chi connectivity index (χ2n) is 4.80. The summed E-state index contributed by atoms with van der Waals surface area (Å²) < 4.78 is 26.4.